The summed E-state index contributed by atoms with van der Waals surface area (Å²) in [5.41, 5.74) is 3.71. The molecule has 0 aliphatic carbocycles. The van der Waals surface area contributed by atoms with Crippen LogP contribution in [-0.4, -0.2) is 40.3 Å². The normalized spacial score (nSPS) is 10.5. The van der Waals surface area contributed by atoms with Crippen LogP contribution in [0.5, 0.6) is 23.0 Å². The summed E-state index contributed by atoms with van der Waals surface area (Å²) in [6, 6.07) is 31.0. The lowest BCUT2D eigenvalue weighted by molar-refractivity contribution is 0.103. The molecule has 0 aliphatic rings. The van der Waals surface area contributed by atoms with Crippen molar-refractivity contribution in [3.63, 3.8) is 0 Å². The molecule has 204 valence electrons. The number of carbonyl (C=O) groups excluding carboxylic acids is 1. The van der Waals surface area contributed by atoms with Crippen LogP contribution in [0.25, 0.3) is 0 Å². The summed E-state index contributed by atoms with van der Waals surface area (Å²) in [4.78, 5) is 12.2. The third kappa shape index (κ3) is 8.35. The molecule has 0 spiro atoms. The van der Waals surface area contributed by atoms with Crippen molar-refractivity contribution in [3.8, 4) is 23.0 Å². The Labute approximate surface area is 231 Å². The second-order valence-electron chi connectivity index (χ2n) is 9.09. The smallest absolute Gasteiger partial charge is 0.193 e. The maximum absolute atomic E-state index is 12.2. The Morgan fingerprint density at radius 3 is 1.05 bits per heavy atom. The summed E-state index contributed by atoms with van der Waals surface area (Å²) in [5, 5.41) is 3.61. The van der Waals surface area contributed by atoms with E-state index in [0.717, 1.165) is 23.0 Å². The molecule has 0 amide bonds. The highest BCUT2D eigenvalue weighted by molar-refractivity contribution is 6.09. The van der Waals surface area contributed by atoms with Crippen LogP contribution in [0.15, 0.2) is 97.1 Å². The van der Waals surface area contributed by atoms with Crippen LogP contribution in [-0.2, 0) is 0 Å². The van der Waals surface area contributed by atoms with E-state index in [0.29, 0.717) is 17.2 Å². The molecule has 4 aromatic rings. The third-order valence-corrected chi connectivity index (χ3v) is 6.10. The zero-order chi connectivity index (χ0) is 28.2. The van der Waals surface area contributed by atoms with Gasteiger partial charge in [0.25, 0.3) is 0 Å². The Balaban J connectivity index is 0.000000218. The van der Waals surface area contributed by atoms with Gasteiger partial charge in [0.2, 0.25) is 0 Å². The van der Waals surface area contributed by atoms with Gasteiger partial charge in [-0.3, -0.25) is 4.79 Å². The summed E-state index contributed by atoms with van der Waals surface area (Å²) in [6.07, 6.45) is 0. The van der Waals surface area contributed by atoms with Crippen molar-refractivity contribution in [2.75, 3.05) is 28.4 Å². The number of hydrogen-bond acceptors (Lipinski definition) is 6. The van der Waals surface area contributed by atoms with Crippen molar-refractivity contribution in [2.45, 2.75) is 25.9 Å². The predicted molar refractivity (Wildman–Crippen MR) is 156 cm³/mol. The molecule has 4 rings (SSSR count). The van der Waals surface area contributed by atoms with Crippen LogP contribution in [0.3, 0.4) is 0 Å². The van der Waals surface area contributed by atoms with Crippen LogP contribution >= 0.6 is 0 Å². The lowest BCUT2D eigenvalue weighted by Gasteiger charge is -2.22. The number of ether oxygens (including phenoxy) is 4. The van der Waals surface area contributed by atoms with Gasteiger partial charge in [-0.1, -0.05) is 24.3 Å². The molecule has 0 saturated heterocycles. The van der Waals surface area contributed by atoms with E-state index in [2.05, 4.69) is 43.4 Å². The molecule has 0 radical (unpaired) electrons. The van der Waals surface area contributed by atoms with Gasteiger partial charge in [0.1, 0.15) is 23.0 Å². The van der Waals surface area contributed by atoms with Gasteiger partial charge in [-0.15, -0.1) is 0 Å². The average molecular weight is 528 g/mol. The molecule has 0 bridgehead atoms. The van der Waals surface area contributed by atoms with E-state index in [4.69, 9.17) is 18.9 Å². The van der Waals surface area contributed by atoms with Crippen LogP contribution in [0.4, 0.5) is 0 Å². The van der Waals surface area contributed by atoms with Gasteiger partial charge in [0.05, 0.1) is 34.5 Å². The molecule has 0 saturated carbocycles. The van der Waals surface area contributed by atoms with Crippen LogP contribution < -0.4 is 24.3 Å². The quantitative estimate of drug-likeness (QED) is 0.231. The van der Waals surface area contributed by atoms with E-state index in [1.54, 1.807) is 77.0 Å². The van der Waals surface area contributed by atoms with Gasteiger partial charge in [-0.05, 0) is 97.8 Å². The van der Waals surface area contributed by atoms with Crippen molar-refractivity contribution < 1.29 is 23.7 Å². The van der Waals surface area contributed by atoms with Crippen molar-refractivity contribution in [1.82, 2.24) is 5.32 Å². The lowest BCUT2D eigenvalue weighted by atomic mass is 9.97. The second-order valence-corrected chi connectivity index (χ2v) is 9.09. The Hall–Kier alpha value is -4.29. The van der Waals surface area contributed by atoms with Gasteiger partial charge < -0.3 is 24.3 Å². The van der Waals surface area contributed by atoms with E-state index in [-0.39, 0.29) is 11.8 Å². The van der Waals surface area contributed by atoms with Crippen molar-refractivity contribution in [2.24, 2.45) is 0 Å². The molecule has 0 aromatic heterocycles. The fourth-order valence-electron chi connectivity index (χ4n) is 3.96. The number of hydrogen-bond donors (Lipinski definition) is 1. The van der Waals surface area contributed by atoms with E-state index in [9.17, 15) is 4.79 Å². The van der Waals surface area contributed by atoms with Crippen molar-refractivity contribution >= 4 is 5.78 Å². The first-order chi connectivity index (χ1) is 18.9. The summed E-state index contributed by atoms with van der Waals surface area (Å²) in [5.74, 6) is 3.21. The molecule has 0 heterocycles. The minimum absolute atomic E-state index is 0.0136. The zero-order valence-electron chi connectivity index (χ0n) is 23.4. The first-order valence-electron chi connectivity index (χ1n) is 12.7. The number of benzene rings is 4. The number of nitrogens with one attached hydrogen (secondary N) is 1. The molecule has 6 nitrogen and oxygen atoms in total. The molecule has 0 atom stereocenters. The summed E-state index contributed by atoms with van der Waals surface area (Å²) in [6.45, 7) is 4.31. The van der Waals surface area contributed by atoms with Crippen molar-refractivity contribution in [3.05, 3.63) is 119 Å². The Morgan fingerprint density at radius 2 is 0.795 bits per heavy atom. The van der Waals surface area contributed by atoms with Gasteiger partial charge in [-0.25, -0.2) is 0 Å². The fraction of sp³-hybridized carbons (Fsp3) is 0.242. The van der Waals surface area contributed by atoms with Gasteiger partial charge in [0, 0.05) is 17.2 Å². The summed E-state index contributed by atoms with van der Waals surface area (Å²) < 4.78 is 20.6. The first-order valence-corrected chi connectivity index (χ1v) is 12.7. The minimum Gasteiger partial charge on any atom is -0.497 e. The van der Waals surface area contributed by atoms with Gasteiger partial charge in [0.15, 0.2) is 5.78 Å². The molecular formula is C33H37NO5. The first kappa shape index (κ1) is 29.3. The molecule has 4 aromatic carbocycles. The van der Waals surface area contributed by atoms with E-state index in [1.165, 1.54) is 11.1 Å². The van der Waals surface area contributed by atoms with Gasteiger partial charge in [-0.2, -0.15) is 0 Å². The van der Waals surface area contributed by atoms with Crippen LogP contribution in [0.1, 0.15) is 46.9 Å². The highest BCUT2D eigenvalue weighted by Gasteiger charge is 2.15. The fourth-order valence-corrected chi connectivity index (χ4v) is 3.96. The maximum atomic E-state index is 12.2. The molecular weight excluding hydrogens is 490 g/mol. The maximum Gasteiger partial charge on any atom is 0.193 e. The minimum atomic E-state index is -0.0136. The third-order valence-electron chi connectivity index (χ3n) is 6.10. The second kappa shape index (κ2) is 14.6. The zero-order valence-corrected chi connectivity index (χ0v) is 23.4. The molecule has 0 aliphatic heterocycles. The molecule has 0 fully saturated rings. The lowest BCUT2D eigenvalue weighted by Crippen LogP contribution is -2.28. The van der Waals surface area contributed by atoms with E-state index < -0.39 is 0 Å². The Morgan fingerprint density at radius 1 is 0.513 bits per heavy atom. The molecule has 39 heavy (non-hydrogen) atoms. The predicted octanol–water partition coefficient (Wildman–Crippen LogP) is 6.73. The number of carbonyl (C=O) groups is 1. The standard InChI is InChI=1S/C18H23NO2.C15H14O3/c1-13(2)19-18(14-5-9-16(20-3)10-6-14)15-7-11-17(21-4)12-8-15;1-17-13-7-3-11(4-8-13)15(16)12-5-9-14(18-2)10-6-12/h5-13,18-19H,1-4H3;3-10H,1-2H3. The topological polar surface area (TPSA) is 66.0 Å². The van der Waals surface area contributed by atoms with E-state index in [1.807, 2.05) is 24.3 Å². The van der Waals surface area contributed by atoms with E-state index >= 15 is 0 Å². The summed E-state index contributed by atoms with van der Waals surface area (Å²) >= 11 is 0. The Kier molecular flexibility index (Phi) is 11.0. The SMILES string of the molecule is COc1ccc(C(=O)c2ccc(OC)cc2)cc1.COc1ccc(C(NC(C)C)c2ccc(OC)cc2)cc1. The largest absolute Gasteiger partial charge is 0.497 e. The number of rotatable bonds is 10. The van der Waals surface area contributed by atoms with Crippen LogP contribution in [0, 0.1) is 0 Å². The van der Waals surface area contributed by atoms with Gasteiger partial charge >= 0.3 is 0 Å². The van der Waals surface area contributed by atoms with Crippen LogP contribution in [0.2, 0.25) is 0 Å². The molecule has 0 unspecified atom stereocenters. The highest BCUT2D eigenvalue weighted by Crippen LogP contribution is 2.26. The molecule has 6 heteroatoms. The number of methoxy groups -OCH3 is 4. The summed E-state index contributed by atoms with van der Waals surface area (Å²) in [7, 11) is 6.56. The van der Waals surface area contributed by atoms with Crippen molar-refractivity contribution in [1.29, 1.82) is 0 Å². The Bertz CT molecular complexity index is 1190. The number of ketones is 1. The molecule has 1 N–H and O–H groups in total. The average Bonchev–Trinajstić information content (AvgIpc) is 3.00. The monoisotopic (exact) mass is 527 g/mol. The highest BCUT2D eigenvalue weighted by atomic mass is 16.5.